The summed E-state index contributed by atoms with van der Waals surface area (Å²) in [5, 5.41) is 13.8. The van der Waals surface area contributed by atoms with E-state index in [1.54, 1.807) is 6.08 Å². The van der Waals surface area contributed by atoms with Crippen molar-refractivity contribution in [3.63, 3.8) is 0 Å². The van der Waals surface area contributed by atoms with Crippen molar-refractivity contribution < 1.29 is 32.9 Å². The van der Waals surface area contributed by atoms with Gasteiger partial charge >= 0.3 is 7.82 Å². The van der Waals surface area contributed by atoms with Crippen molar-refractivity contribution in [1.29, 1.82) is 0 Å². The summed E-state index contributed by atoms with van der Waals surface area (Å²) in [7, 11) is 1.48. The first-order valence-corrected chi connectivity index (χ1v) is 27.2. The van der Waals surface area contributed by atoms with Crippen molar-refractivity contribution in [2.24, 2.45) is 0 Å². The minimum atomic E-state index is -4.38. The van der Waals surface area contributed by atoms with Gasteiger partial charge in [-0.3, -0.25) is 13.8 Å². The molecule has 3 unspecified atom stereocenters. The number of nitrogens with one attached hydrogen (secondary N) is 1. The second-order valence-electron chi connectivity index (χ2n) is 17.8. The van der Waals surface area contributed by atoms with Gasteiger partial charge in [-0.2, -0.15) is 0 Å². The van der Waals surface area contributed by atoms with Crippen LogP contribution in [0.1, 0.15) is 162 Å². The Hall–Kier alpha value is -3.62. The fraction of sp³-hybridized carbons (Fsp3) is 0.569. The molecule has 3 N–H and O–H groups in total. The van der Waals surface area contributed by atoms with E-state index in [4.69, 9.17) is 9.05 Å². The van der Waals surface area contributed by atoms with Crippen LogP contribution in [-0.2, 0) is 18.4 Å². The maximum Gasteiger partial charge on any atom is 0.472 e. The Bertz CT molecular complexity index is 1590. The molecule has 0 saturated heterocycles. The summed E-state index contributed by atoms with van der Waals surface area (Å²) >= 11 is 0. The van der Waals surface area contributed by atoms with Crippen LogP contribution < -0.4 is 5.32 Å². The van der Waals surface area contributed by atoms with Gasteiger partial charge in [0.15, 0.2) is 0 Å². The van der Waals surface area contributed by atoms with E-state index >= 15 is 0 Å². The molecule has 3 atom stereocenters. The molecule has 67 heavy (non-hydrogen) atoms. The van der Waals surface area contributed by atoms with Crippen LogP contribution in [0.15, 0.2) is 146 Å². The molecule has 0 fully saturated rings. The van der Waals surface area contributed by atoms with E-state index in [0.29, 0.717) is 17.4 Å². The molecule has 0 aliphatic rings. The summed E-state index contributed by atoms with van der Waals surface area (Å²) in [4.78, 5) is 23.2. The number of hydrogen-bond acceptors (Lipinski definition) is 5. The van der Waals surface area contributed by atoms with E-state index in [9.17, 15) is 19.4 Å². The molecule has 0 aliphatic heterocycles. The molecule has 0 rings (SSSR count). The summed E-state index contributed by atoms with van der Waals surface area (Å²) in [6.07, 6.45) is 73.7. The summed E-state index contributed by atoms with van der Waals surface area (Å²) in [6.45, 7) is 4.58. The van der Waals surface area contributed by atoms with E-state index in [1.807, 2.05) is 27.2 Å². The standard InChI is InChI=1S/C58H95N2O6P/c1-6-8-10-12-14-16-18-20-22-24-25-26-27-28-29-30-31-32-33-34-35-36-38-40-42-44-46-48-50-52-58(62)59-56(55-66-67(63,64)65-54-53-60(3,4)5)57(61)51-49-47-45-43-41-39-37-23-21-19-17-15-13-11-9-7-2/h8,10,14,16,20-23,25-26,28-29,31-32,34-35,38,40-41,43-44,46,49,51,56-57,61H,6-7,9,11-13,15,17-19,24,27,30,33,36-37,39,42,45,47-48,50,52-55H2,1-5H3,(H-,59,62,63,64)/p+1/b10-8-,16-14-,22-20-,23-21+,26-25-,29-28-,32-31-,35-34-,40-38-,43-41+,46-44-,51-49+. The van der Waals surface area contributed by atoms with Crippen molar-refractivity contribution in [2.45, 2.75) is 174 Å². The van der Waals surface area contributed by atoms with E-state index in [-0.39, 0.29) is 25.5 Å². The quantitative estimate of drug-likeness (QED) is 0.0243. The molecule has 378 valence electrons. The molecular formula is C58H96N2O6P+. The first-order valence-electron chi connectivity index (χ1n) is 25.7. The molecule has 9 heteroatoms. The number of likely N-dealkylation sites (N-methyl/N-ethyl adjacent to an activating group) is 1. The lowest BCUT2D eigenvalue weighted by Crippen LogP contribution is -2.45. The van der Waals surface area contributed by atoms with Gasteiger partial charge in [0.1, 0.15) is 13.2 Å². The highest BCUT2D eigenvalue weighted by molar-refractivity contribution is 7.47. The topological polar surface area (TPSA) is 105 Å². The minimum Gasteiger partial charge on any atom is -0.387 e. The monoisotopic (exact) mass is 948 g/mol. The van der Waals surface area contributed by atoms with Gasteiger partial charge in [0.05, 0.1) is 39.9 Å². The van der Waals surface area contributed by atoms with Crippen LogP contribution in [0.3, 0.4) is 0 Å². The molecule has 0 spiro atoms. The number of unbranched alkanes of at least 4 members (excludes halogenated alkanes) is 9. The Morgan fingerprint density at radius 2 is 0.910 bits per heavy atom. The average Bonchev–Trinajstić information content (AvgIpc) is 3.29. The lowest BCUT2D eigenvalue weighted by Gasteiger charge is -2.25. The van der Waals surface area contributed by atoms with Crippen molar-refractivity contribution in [3.8, 4) is 0 Å². The van der Waals surface area contributed by atoms with Crippen LogP contribution in [-0.4, -0.2) is 73.4 Å². The van der Waals surface area contributed by atoms with Crippen LogP contribution in [0.25, 0.3) is 0 Å². The number of phosphoric acid groups is 1. The number of amides is 1. The number of aliphatic hydroxyl groups is 1. The number of rotatable bonds is 44. The number of nitrogens with zero attached hydrogens (tertiary/aromatic N) is 1. The first kappa shape index (κ1) is 63.4. The third-order valence-corrected chi connectivity index (χ3v) is 11.3. The fourth-order valence-corrected chi connectivity index (χ4v) is 6.98. The number of aliphatic hydroxyl groups excluding tert-OH is 1. The van der Waals surface area contributed by atoms with Crippen LogP contribution in [0.2, 0.25) is 0 Å². The summed E-state index contributed by atoms with van der Waals surface area (Å²) in [5.74, 6) is -0.257. The van der Waals surface area contributed by atoms with E-state index in [2.05, 4.69) is 153 Å². The second kappa shape index (κ2) is 47.4. The Morgan fingerprint density at radius 3 is 1.37 bits per heavy atom. The zero-order valence-electron chi connectivity index (χ0n) is 42.8. The Balaban J connectivity index is 4.50. The van der Waals surface area contributed by atoms with Crippen LogP contribution >= 0.6 is 7.82 Å². The maximum absolute atomic E-state index is 12.9. The molecule has 0 radical (unpaired) electrons. The maximum atomic E-state index is 12.9. The Kier molecular flexibility index (Phi) is 44.9. The Morgan fingerprint density at radius 1 is 0.522 bits per heavy atom. The second-order valence-corrected chi connectivity index (χ2v) is 19.2. The summed E-state index contributed by atoms with van der Waals surface area (Å²) in [6, 6.07) is -0.912. The lowest BCUT2D eigenvalue weighted by molar-refractivity contribution is -0.870. The van der Waals surface area contributed by atoms with E-state index in [1.165, 1.54) is 38.5 Å². The normalized spacial score (nSPS) is 15.3. The molecule has 0 aliphatic carbocycles. The molecule has 0 bridgehead atoms. The van der Waals surface area contributed by atoms with Crippen LogP contribution in [0.4, 0.5) is 0 Å². The first-order chi connectivity index (χ1) is 32.5. The van der Waals surface area contributed by atoms with Crippen molar-refractivity contribution in [3.05, 3.63) is 146 Å². The third kappa shape index (κ3) is 50.1. The number of hydrogen-bond donors (Lipinski definition) is 3. The number of carbonyl (C=O) groups excluding carboxylic acids is 1. The molecule has 0 saturated carbocycles. The molecule has 0 aromatic rings. The smallest absolute Gasteiger partial charge is 0.387 e. The predicted molar refractivity (Wildman–Crippen MR) is 290 cm³/mol. The molecule has 0 aromatic carbocycles. The molecule has 1 amide bonds. The van der Waals surface area contributed by atoms with Crippen molar-refractivity contribution in [2.75, 3.05) is 40.9 Å². The van der Waals surface area contributed by atoms with Crippen molar-refractivity contribution >= 4 is 13.7 Å². The van der Waals surface area contributed by atoms with Gasteiger partial charge in [-0.15, -0.1) is 0 Å². The van der Waals surface area contributed by atoms with Crippen LogP contribution in [0.5, 0.6) is 0 Å². The summed E-state index contributed by atoms with van der Waals surface area (Å²) in [5.41, 5.74) is 0. The molecule has 0 heterocycles. The van der Waals surface area contributed by atoms with Gasteiger partial charge in [0, 0.05) is 6.42 Å². The van der Waals surface area contributed by atoms with E-state index < -0.39 is 20.0 Å². The largest absolute Gasteiger partial charge is 0.472 e. The molecule has 8 nitrogen and oxygen atoms in total. The zero-order chi connectivity index (χ0) is 49.2. The Labute approximate surface area is 410 Å². The van der Waals surface area contributed by atoms with Crippen molar-refractivity contribution in [1.82, 2.24) is 5.32 Å². The number of quaternary nitrogens is 1. The predicted octanol–water partition coefficient (Wildman–Crippen LogP) is 15.4. The van der Waals surface area contributed by atoms with Gasteiger partial charge in [-0.05, 0) is 109 Å². The average molecular weight is 948 g/mol. The van der Waals surface area contributed by atoms with Gasteiger partial charge in [0.2, 0.25) is 5.91 Å². The third-order valence-electron chi connectivity index (χ3n) is 10.3. The molecular weight excluding hydrogens is 852 g/mol. The highest BCUT2D eigenvalue weighted by Crippen LogP contribution is 2.43. The summed E-state index contributed by atoms with van der Waals surface area (Å²) < 4.78 is 23.6. The minimum absolute atomic E-state index is 0.0336. The SMILES string of the molecule is CC/C=C\C/C=C\C/C=C\C/C=C\C/C=C\C/C=C\C/C=C\C/C=C\C/C=C\CCCC(=O)NC(COP(=O)(O)OCC[N+](C)(C)C)C(O)/C=C/CC/C=C/CC/C=C/CCCCCCCC. The highest BCUT2D eigenvalue weighted by Gasteiger charge is 2.27. The van der Waals surface area contributed by atoms with Gasteiger partial charge < -0.3 is 19.8 Å². The van der Waals surface area contributed by atoms with Crippen LogP contribution in [0, 0.1) is 0 Å². The molecule has 0 aromatic heterocycles. The number of phosphoric ester groups is 1. The number of carbonyl (C=O) groups is 1. The van der Waals surface area contributed by atoms with Gasteiger partial charge in [-0.25, -0.2) is 4.57 Å². The van der Waals surface area contributed by atoms with Gasteiger partial charge in [0.25, 0.3) is 0 Å². The fourth-order valence-electron chi connectivity index (χ4n) is 6.25. The lowest BCUT2D eigenvalue weighted by atomic mass is 10.1. The highest BCUT2D eigenvalue weighted by atomic mass is 31.2. The van der Waals surface area contributed by atoms with Gasteiger partial charge in [-0.1, -0.05) is 192 Å². The number of allylic oxidation sites excluding steroid dienone is 23. The zero-order valence-corrected chi connectivity index (χ0v) is 43.7. The van der Waals surface area contributed by atoms with E-state index in [0.717, 1.165) is 96.3 Å².